The van der Waals surface area contributed by atoms with Crippen molar-refractivity contribution in [2.24, 2.45) is 0 Å². The van der Waals surface area contributed by atoms with E-state index in [9.17, 15) is 0 Å². The van der Waals surface area contributed by atoms with Crippen LogP contribution in [-0.2, 0) is 28.8 Å². The molecule has 12 nitrogen and oxygen atoms in total. The van der Waals surface area contributed by atoms with Gasteiger partial charge in [-0.05, 0) is 0 Å². The average molecular weight is 492 g/mol. The number of carbonyl (C=O) groups is 6. The maximum absolute atomic E-state index is 9.00. The monoisotopic (exact) mass is 490 g/mol. The van der Waals surface area contributed by atoms with E-state index < -0.39 is 35.8 Å². The predicted molar refractivity (Wildman–Crippen MR) is 123 cm³/mol. The van der Waals surface area contributed by atoms with E-state index in [1.54, 1.807) is 0 Å². The topological polar surface area (TPSA) is 224 Å². The van der Waals surface area contributed by atoms with Gasteiger partial charge in [0, 0.05) is 41.5 Å². The maximum atomic E-state index is 9.00. The summed E-state index contributed by atoms with van der Waals surface area (Å²) in [6, 6.07) is 0. The molecule has 0 saturated carbocycles. The summed E-state index contributed by atoms with van der Waals surface area (Å²) < 4.78 is 0. The molecule has 0 saturated heterocycles. The molecule has 0 unspecified atom stereocenters. The van der Waals surface area contributed by atoms with Crippen LogP contribution in [0.25, 0.3) is 0 Å². The van der Waals surface area contributed by atoms with Gasteiger partial charge in [-0.15, -0.1) is 0 Å². The molecule has 0 rings (SSSR count). The molecule has 0 atom stereocenters. The standard InChI is InChI=1S/6C2H4O2.5Mg.10H/c6*1-2(3)4;;;;;;;;;;;;;;;/h6*1H3,(H,3,4);;;;;;;;;;;;;;;. The first-order chi connectivity index (χ1) is 10.4. The average Bonchev–Trinajstić information content (AvgIpc) is 2.08. The Morgan fingerprint density at radius 3 is 0.310 bits per heavy atom. The second kappa shape index (κ2) is 63.0. The molecule has 0 radical (unpaired) electrons. The van der Waals surface area contributed by atoms with Crippen molar-refractivity contribution in [3.05, 3.63) is 0 Å². The van der Waals surface area contributed by atoms with Gasteiger partial charge in [0.05, 0.1) is 0 Å². The molecule has 0 fully saturated rings. The second-order valence-electron chi connectivity index (χ2n) is 3.11. The predicted octanol–water partition coefficient (Wildman–Crippen LogP) is -4.04. The summed E-state index contributed by atoms with van der Waals surface area (Å²) in [4.78, 5) is 54.0. The van der Waals surface area contributed by atoms with Gasteiger partial charge in [-0.3, -0.25) is 28.8 Å². The molecule has 0 aromatic heterocycles. The zero-order chi connectivity index (χ0) is 21.5. The van der Waals surface area contributed by atoms with Crippen molar-refractivity contribution < 1.29 is 59.4 Å². The van der Waals surface area contributed by atoms with Crippen LogP contribution in [0, 0.1) is 0 Å². The molecular formula is C12H34Mg5O12. The Labute approximate surface area is 249 Å². The van der Waals surface area contributed by atoms with E-state index in [-0.39, 0.29) is 115 Å². The van der Waals surface area contributed by atoms with Crippen molar-refractivity contribution in [1.82, 2.24) is 0 Å². The summed E-state index contributed by atoms with van der Waals surface area (Å²) >= 11 is 0. The fourth-order valence-corrected chi connectivity index (χ4v) is 0. The van der Waals surface area contributed by atoms with Crippen molar-refractivity contribution in [2.45, 2.75) is 41.5 Å². The van der Waals surface area contributed by atoms with Crippen molar-refractivity contribution in [3.8, 4) is 0 Å². The van der Waals surface area contributed by atoms with Crippen LogP contribution in [0.15, 0.2) is 0 Å². The maximum Gasteiger partial charge on any atom is 0.316 e. The van der Waals surface area contributed by atoms with E-state index in [0.717, 1.165) is 41.5 Å². The molecule has 17 heteroatoms. The lowest BCUT2D eigenvalue weighted by molar-refractivity contribution is -0.135. The summed E-state index contributed by atoms with van der Waals surface area (Å²) in [5.74, 6) is -5.00. The number of hydrogen-bond donors (Lipinski definition) is 6. The lowest BCUT2D eigenvalue weighted by Crippen LogP contribution is -1.78. The van der Waals surface area contributed by atoms with Gasteiger partial charge >= 0.3 is 115 Å². The van der Waals surface area contributed by atoms with Crippen LogP contribution >= 0.6 is 0 Å². The lowest BCUT2D eigenvalue weighted by Gasteiger charge is -1.59. The largest absolute Gasteiger partial charge is 0.481 e. The molecule has 0 aliphatic rings. The molecule has 0 aromatic carbocycles. The summed E-state index contributed by atoms with van der Waals surface area (Å²) in [5, 5.41) is 44.5. The van der Waals surface area contributed by atoms with Crippen LogP contribution in [0.3, 0.4) is 0 Å². The van der Waals surface area contributed by atoms with Gasteiger partial charge in [-0.2, -0.15) is 0 Å². The van der Waals surface area contributed by atoms with E-state index in [0.29, 0.717) is 0 Å². The molecule has 164 valence electrons. The second-order valence-corrected chi connectivity index (χ2v) is 3.11. The van der Waals surface area contributed by atoms with Crippen LogP contribution in [0.4, 0.5) is 0 Å². The first kappa shape index (κ1) is 70.0. The zero-order valence-electron chi connectivity index (χ0n) is 14.1. The molecule has 0 aromatic rings. The third kappa shape index (κ3) is 48000. The Morgan fingerprint density at radius 2 is 0.310 bits per heavy atom. The molecule has 0 spiro atoms. The van der Waals surface area contributed by atoms with E-state index in [1.165, 1.54) is 0 Å². The Kier molecular flexibility index (Phi) is 152. The van der Waals surface area contributed by atoms with Gasteiger partial charge in [0.2, 0.25) is 0 Å². The Morgan fingerprint density at radius 1 is 0.310 bits per heavy atom. The lowest BCUT2D eigenvalue weighted by atomic mass is 10.9. The molecule has 0 bridgehead atoms. The number of rotatable bonds is 0. The fraction of sp³-hybridized carbons (Fsp3) is 0.500. The molecule has 0 aliphatic carbocycles. The van der Waals surface area contributed by atoms with Crippen molar-refractivity contribution in [1.29, 1.82) is 0 Å². The third-order valence-corrected chi connectivity index (χ3v) is 0. The van der Waals surface area contributed by atoms with Crippen molar-refractivity contribution >= 4 is 151 Å². The van der Waals surface area contributed by atoms with Crippen LogP contribution in [-0.4, -0.2) is 182 Å². The number of aliphatic carboxylic acids is 6. The van der Waals surface area contributed by atoms with Gasteiger partial charge in [-0.1, -0.05) is 0 Å². The summed E-state index contributed by atoms with van der Waals surface area (Å²) in [6.45, 7) is 6.50. The number of hydrogen-bond acceptors (Lipinski definition) is 6. The number of carboxylic acid groups (broad SMARTS) is 6. The van der Waals surface area contributed by atoms with Gasteiger partial charge in [-0.25, -0.2) is 0 Å². The highest BCUT2D eigenvalue weighted by molar-refractivity contribution is 5.76. The van der Waals surface area contributed by atoms with E-state index in [1.807, 2.05) is 0 Å². The first-order valence-electron chi connectivity index (χ1n) is 5.57. The summed E-state index contributed by atoms with van der Waals surface area (Å²) in [5.41, 5.74) is 0. The molecule has 6 N–H and O–H groups in total. The normalized spacial score (nSPS) is 5.17. The number of carboxylic acids is 6. The molecule has 0 aliphatic heterocycles. The highest BCUT2D eigenvalue weighted by Crippen LogP contribution is 1.43. The summed E-state index contributed by atoms with van der Waals surface area (Å²) in [6.07, 6.45) is 0. The first-order valence-corrected chi connectivity index (χ1v) is 5.57. The van der Waals surface area contributed by atoms with Crippen LogP contribution in [0.5, 0.6) is 0 Å². The highest BCUT2D eigenvalue weighted by atomic mass is 24.3. The summed E-state index contributed by atoms with van der Waals surface area (Å²) in [7, 11) is 0. The quantitative estimate of drug-likeness (QED) is 0.178. The van der Waals surface area contributed by atoms with E-state index in [2.05, 4.69) is 0 Å². The van der Waals surface area contributed by atoms with Crippen LogP contribution in [0.1, 0.15) is 41.5 Å². The van der Waals surface area contributed by atoms with Crippen LogP contribution in [0.2, 0.25) is 0 Å². The van der Waals surface area contributed by atoms with Crippen LogP contribution < -0.4 is 0 Å². The highest BCUT2D eigenvalue weighted by Gasteiger charge is 1.67. The Bertz CT molecular complexity index is 274. The molecule has 0 amide bonds. The molecule has 0 heterocycles. The minimum absolute atomic E-state index is 0. The zero-order valence-corrected chi connectivity index (χ0v) is 14.1. The fourth-order valence-electron chi connectivity index (χ4n) is 0. The van der Waals surface area contributed by atoms with E-state index in [4.69, 9.17) is 59.4 Å². The van der Waals surface area contributed by atoms with Crippen molar-refractivity contribution in [3.63, 3.8) is 0 Å². The minimum atomic E-state index is -0.833. The van der Waals surface area contributed by atoms with Gasteiger partial charge in [0.15, 0.2) is 0 Å². The van der Waals surface area contributed by atoms with Gasteiger partial charge < -0.3 is 30.6 Å². The van der Waals surface area contributed by atoms with Crippen molar-refractivity contribution in [2.75, 3.05) is 0 Å². The smallest absolute Gasteiger partial charge is 0.316 e. The van der Waals surface area contributed by atoms with Gasteiger partial charge in [0.25, 0.3) is 35.8 Å². The third-order valence-electron chi connectivity index (χ3n) is 0. The Hall–Kier alpha value is 0.651. The van der Waals surface area contributed by atoms with E-state index >= 15 is 0 Å². The minimum Gasteiger partial charge on any atom is -0.481 e. The SMILES string of the molecule is CC(=O)O.CC(=O)O.CC(=O)O.CC(=O)O.CC(=O)O.CC(=O)O.[MgH2].[MgH2].[MgH2].[MgH2].[MgH2]. The molecular weight excluding hydrogens is 458 g/mol. The molecule has 29 heavy (non-hydrogen) atoms. The Balaban J connectivity index is -0.0000000144. The van der Waals surface area contributed by atoms with Gasteiger partial charge in [0.1, 0.15) is 0 Å².